The van der Waals surface area contributed by atoms with Gasteiger partial charge in [-0.25, -0.2) is 9.98 Å². The lowest BCUT2D eigenvalue weighted by molar-refractivity contribution is 0.120. The molecule has 1 aliphatic rings. The Morgan fingerprint density at radius 1 is 1.39 bits per heavy atom. The average Bonchev–Trinajstić information content (AvgIpc) is 2.96. The number of anilines is 1. The third kappa shape index (κ3) is 6.80. The minimum absolute atomic E-state index is 0. The fraction of sp³-hybridized carbons (Fsp3) is 0.733. The van der Waals surface area contributed by atoms with E-state index in [9.17, 15) is 5.11 Å². The number of halogens is 1. The molecular formula is C15H28IN5OS. The predicted molar refractivity (Wildman–Crippen MR) is 108 cm³/mol. The first kappa shape index (κ1) is 20.4. The summed E-state index contributed by atoms with van der Waals surface area (Å²) in [7, 11) is 3.99. The molecule has 1 aliphatic carbocycles. The number of thiazole rings is 1. The van der Waals surface area contributed by atoms with Crippen molar-refractivity contribution in [1.82, 2.24) is 15.6 Å². The van der Waals surface area contributed by atoms with Gasteiger partial charge in [0, 0.05) is 32.1 Å². The summed E-state index contributed by atoms with van der Waals surface area (Å²) in [6.45, 7) is 3.48. The van der Waals surface area contributed by atoms with Gasteiger partial charge in [-0.1, -0.05) is 0 Å². The molecule has 0 radical (unpaired) electrons. The van der Waals surface area contributed by atoms with Crippen LogP contribution in [0.2, 0.25) is 0 Å². The van der Waals surface area contributed by atoms with Gasteiger partial charge in [0.25, 0.3) is 0 Å². The number of aromatic nitrogens is 1. The Kier molecular flexibility index (Phi) is 9.15. The Morgan fingerprint density at radius 3 is 2.65 bits per heavy atom. The van der Waals surface area contributed by atoms with E-state index in [-0.39, 0.29) is 30.1 Å². The summed E-state index contributed by atoms with van der Waals surface area (Å²) >= 11 is 1.64. The maximum atomic E-state index is 9.58. The van der Waals surface area contributed by atoms with Crippen molar-refractivity contribution in [3.63, 3.8) is 0 Å². The van der Waals surface area contributed by atoms with Gasteiger partial charge >= 0.3 is 0 Å². The van der Waals surface area contributed by atoms with E-state index < -0.39 is 0 Å². The highest BCUT2D eigenvalue weighted by Crippen LogP contribution is 2.19. The SMILES string of the molecule is CCNC(=NCc1csc(N(C)C)n1)NC1CCC(O)CC1.I. The number of guanidine groups is 1. The average molecular weight is 453 g/mol. The summed E-state index contributed by atoms with van der Waals surface area (Å²) < 4.78 is 0. The highest BCUT2D eigenvalue weighted by Gasteiger charge is 2.19. The maximum absolute atomic E-state index is 9.58. The van der Waals surface area contributed by atoms with E-state index in [1.807, 2.05) is 19.0 Å². The van der Waals surface area contributed by atoms with Crippen LogP contribution in [0.4, 0.5) is 5.13 Å². The summed E-state index contributed by atoms with van der Waals surface area (Å²) in [4.78, 5) is 11.2. The normalized spacial score (nSPS) is 21.5. The van der Waals surface area contributed by atoms with Gasteiger partial charge in [0.15, 0.2) is 11.1 Å². The molecule has 1 saturated carbocycles. The molecule has 8 heteroatoms. The van der Waals surface area contributed by atoms with E-state index in [4.69, 9.17) is 0 Å². The van der Waals surface area contributed by atoms with Crippen LogP contribution in [-0.2, 0) is 6.54 Å². The van der Waals surface area contributed by atoms with Crippen molar-refractivity contribution < 1.29 is 5.11 Å². The second kappa shape index (κ2) is 10.3. The van der Waals surface area contributed by atoms with E-state index in [2.05, 4.69) is 32.9 Å². The molecule has 1 heterocycles. The highest BCUT2D eigenvalue weighted by molar-refractivity contribution is 14.0. The van der Waals surface area contributed by atoms with Gasteiger partial charge in [-0.15, -0.1) is 35.3 Å². The van der Waals surface area contributed by atoms with Gasteiger partial charge in [-0.05, 0) is 32.6 Å². The fourth-order valence-electron chi connectivity index (χ4n) is 2.47. The highest BCUT2D eigenvalue weighted by atomic mass is 127. The number of rotatable bonds is 5. The molecule has 0 aromatic carbocycles. The molecule has 0 saturated heterocycles. The molecule has 3 N–H and O–H groups in total. The van der Waals surface area contributed by atoms with E-state index in [1.54, 1.807) is 11.3 Å². The molecule has 0 atom stereocenters. The van der Waals surface area contributed by atoms with Crippen LogP contribution < -0.4 is 15.5 Å². The van der Waals surface area contributed by atoms with Crippen molar-refractivity contribution in [2.75, 3.05) is 25.5 Å². The van der Waals surface area contributed by atoms with Crippen LogP contribution in [0.15, 0.2) is 10.4 Å². The third-order valence-corrected chi connectivity index (χ3v) is 4.76. The van der Waals surface area contributed by atoms with Crippen LogP contribution in [0.1, 0.15) is 38.3 Å². The maximum Gasteiger partial charge on any atom is 0.191 e. The molecule has 0 unspecified atom stereocenters. The van der Waals surface area contributed by atoms with Crippen LogP contribution in [0, 0.1) is 0 Å². The standard InChI is InChI=1S/C15H27N5OS.HI/c1-4-16-14(18-11-5-7-13(21)8-6-11)17-9-12-10-22-15(19-12)20(2)3;/h10-11,13,21H,4-9H2,1-3H3,(H2,16,17,18);1H. The Morgan fingerprint density at radius 2 is 2.09 bits per heavy atom. The van der Waals surface area contributed by atoms with Crippen molar-refractivity contribution in [3.8, 4) is 0 Å². The summed E-state index contributed by atoms with van der Waals surface area (Å²) in [5.74, 6) is 0.836. The molecule has 6 nitrogen and oxygen atoms in total. The summed E-state index contributed by atoms with van der Waals surface area (Å²) in [6, 6.07) is 0.397. The Bertz CT molecular complexity index is 486. The fourth-order valence-corrected chi connectivity index (χ4v) is 3.22. The lowest BCUT2D eigenvalue weighted by Crippen LogP contribution is -2.45. The molecule has 0 aliphatic heterocycles. The van der Waals surface area contributed by atoms with E-state index in [0.717, 1.165) is 49.0 Å². The molecule has 2 rings (SSSR count). The van der Waals surface area contributed by atoms with Gasteiger partial charge in [0.1, 0.15) is 0 Å². The van der Waals surface area contributed by atoms with Crippen LogP contribution in [0.3, 0.4) is 0 Å². The number of aliphatic imine (C=N–C) groups is 1. The number of nitrogens with zero attached hydrogens (tertiary/aromatic N) is 3. The molecule has 132 valence electrons. The molecule has 1 aromatic heterocycles. The molecule has 0 spiro atoms. The Balaban J connectivity index is 0.00000264. The molecule has 0 bridgehead atoms. The first-order chi connectivity index (χ1) is 10.6. The summed E-state index contributed by atoms with van der Waals surface area (Å²) in [6.07, 6.45) is 3.60. The lowest BCUT2D eigenvalue weighted by atomic mass is 9.93. The number of aliphatic hydroxyl groups is 1. The predicted octanol–water partition coefficient (Wildman–Crippen LogP) is 2.19. The minimum atomic E-state index is -0.128. The molecule has 1 fully saturated rings. The molecule has 0 amide bonds. The smallest absolute Gasteiger partial charge is 0.191 e. The van der Waals surface area contributed by atoms with Gasteiger partial charge in [0.2, 0.25) is 0 Å². The first-order valence-electron chi connectivity index (χ1n) is 7.93. The van der Waals surface area contributed by atoms with Crippen LogP contribution in [-0.4, -0.2) is 48.8 Å². The largest absolute Gasteiger partial charge is 0.393 e. The topological polar surface area (TPSA) is 72.8 Å². The minimum Gasteiger partial charge on any atom is -0.393 e. The van der Waals surface area contributed by atoms with Gasteiger partial charge in [-0.2, -0.15) is 0 Å². The number of nitrogens with one attached hydrogen (secondary N) is 2. The van der Waals surface area contributed by atoms with Crippen molar-refractivity contribution in [1.29, 1.82) is 0 Å². The second-order valence-electron chi connectivity index (χ2n) is 5.86. The van der Waals surface area contributed by atoms with Gasteiger partial charge < -0.3 is 20.6 Å². The third-order valence-electron chi connectivity index (χ3n) is 3.70. The Hall–Kier alpha value is -0.610. The molecular weight excluding hydrogens is 425 g/mol. The second-order valence-corrected chi connectivity index (χ2v) is 6.70. The van der Waals surface area contributed by atoms with Crippen molar-refractivity contribution in [2.24, 2.45) is 4.99 Å². The van der Waals surface area contributed by atoms with Crippen molar-refractivity contribution in [3.05, 3.63) is 11.1 Å². The van der Waals surface area contributed by atoms with E-state index in [0.29, 0.717) is 12.6 Å². The Labute approximate surface area is 159 Å². The number of aliphatic hydroxyl groups excluding tert-OH is 1. The number of hydrogen-bond acceptors (Lipinski definition) is 5. The first-order valence-corrected chi connectivity index (χ1v) is 8.81. The van der Waals surface area contributed by atoms with E-state index in [1.165, 1.54) is 0 Å². The quantitative estimate of drug-likeness (QED) is 0.362. The van der Waals surface area contributed by atoms with Crippen LogP contribution in [0.5, 0.6) is 0 Å². The zero-order valence-corrected chi connectivity index (χ0v) is 17.2. The van der Waals surface area contributed by atoms with Gasteiger partial charge in [0.05, 0.1) is 18.3 Å². The van der Waals surface area contributed by atoms with E-state index >= 15 is 0 Å². The molecule has 23 heavy (non-hydrogen) atoms. The van der Waals surface area contributed by atoms with Crippen LogP contribution >= 0.6 is 35.3 Å². The van der Waals surface area contributed by atoms with Crippen molar-refractivity contribution >= 4 is 46.4 Å². The van der Waals surface area contributed by atoms with Crippen molar-refractivity contribution in [2.45, 2.75) is 51.3 Å². The van der Waals surface area contributed by atoms with Gasteiger partial charge in [-0.3, -0.25) is 0 Å². The summed E-state index contributed by atoms with van der Waals surface area (Å²) in [5.41, 5.74) is 0.991. The zero-order chi connectivity index (χ0) is 15.9. The van der Waals surface area contributed by atoms with Crippen LogP contribution in [0.25, 0.3) is 0 Å². The summed E-state index contributed by atoms with van der Waals surface area (Å²) in [5, 5.41) is 19.4. The monoisotopic (exact) mass is 453 g/mol. The lowest BCUT2D eigenvalue weighted by Gasteiger charge is -2.27. The molecule has 1 aromatic rings. The number of hydrogen-bond donors (Lipinski definition) is 3. The zero-order valence-electron chi connectivity index (χ0n) is 14.1.